The Morgan fingerprint density at radius 3 is 2.73 bits per heavy atom. The minimum absolute atomic E-state index is 0.0431. The molecule has 0 aliphatic rings. The van der Waals surface area contributed by atoms with Gasteiger partial charge in [0.25, 0.3) is 5.69 Å². The largest absolute Gasteiger partial charge is 0.355 e. The number of hydrogen-bond acceptors (Lipinski definition) is 3. The van der Waals surface area contributed by atoms with Gasteiger partial charge in [-0.2, -0.15) is 0 Å². The van der Waals surface area contributed by atoms with Crippen LogP contribution in [-0.2, 0) is 0 Å². The summed E-state index contributed by atoms with van der Waals surface area (Å²) in [7, 11) is 3.60. The van der Waals surface area contributed by atoms with E-state index in [1.165, 1.54) is 12.1 Å². The highest BCUT2D eigenvalue weighted by molar-refractivity contribution is 7.80. The zero-order chi connectivity index (χ0) is 11.4. The van der Waals surface area contributed by atoms with Crippen LogP contribution in [0.4, 0.5) is 11.4 Å². The Labute approximate surface area is 92.8 Å². The maximum absolute atomic E-state index is 10.5. The number of benzene rings is 1. The number of non-ortho nitro benzene ring substituents is 1. The van der Waals surface area contributed by atoms with Crippen molar-refractivity contribution in [1.29, 1.82) is 0 Å². The van der Waals surface area contributed by atoms with Crippen LogP contribution in [0.25, 0.3) is 0 Å². The normalized spacial score (nSPS) is 9.47. The molecule has 80 valence electrons. The molecule has 0 radical (unpaired) electrons. The van der Waals surface area contributed by atoms with Crippen LogP contribution in [0.2, 0.25) is 0 Å². The van der Waals surface area contributed by atoms with Gasteiger partial charge in [-0.05, 0) is 18.3 Å². The van der Waals surface area contributed by atoms with Crippen LogP contribution in [0.15, 0.2) is 24.3 Å². The molecule has 1 aromatic rings. The first-order valence-electron chi connectivity index (χ1n) is 4.23. The monoisotopic (exact) mass is 225 g/mol. The third-order valence-electron chi connectivity index (χ3n) is 1.71. The van der Waals surface area contributed by atoms with Crippen molar-refractivity contribution < 1.29 is 4.92 Å². The summed E-state index contributed by atoms with van der Waals surface area (Å²) in [5, 5.41) is 13.9. The second-order valence-electron chi connectivity index (χ2n) is 3.13. The van der Waals surface area contributed by atoms with Gasteiger partial charge in [0.05, 0.1) is 4.92 Å². The number of thiocarbonyl (C=S) groups is 1. The average Bonchev–Trinajstić information content (AvgIpc) is 2.18. The van der Waals surface area contributed by atoms with E-state index < -0.39 is 4.92 Å². The van der Waals surface area contributed by atoms with Crippen molar-refractivity contribution in [3.05, 3.63) is 34.4 Å². The van der Waals surface area contributed by atoms with E-state index in [0.717, 1.165) is 0 Å². The Morgan fingerprint density at radius 1 is 1.53 bits per heavy atom. The Balaban J connectivity index is 2.83. The third-order valence-corrected chi connectivity index (χ3v) is 2.18. The molecular formula is C9H11N3O2S. The number of rotatable bonds is 2. The lowest BCUT2D eigenvalue weighted by Gasteiger charge is -2.15. The van der Waals surface area contributed by atoms with Crippen molar-refractivity contribution in [2.24, 2.45) is 0 Å². The third kappa shape index (κ3) is 3.17. The van der Waals surface area contributed by atoms with Crippen molar-refractivity contribution in [3.8, 4) is 0 Å². The molecule has 0 heterocycles. The smallest absolute Gasteiger partial charge is 0.271 e. The summed E-state index contributed by atoms with van der Waals surface area (Å²) in [6.45, 7) is 0. The van der Waals surface area contributed by atoms with Gasteiger partial charge in [0.15, 0.2) is 5.11 Å². The number of nitro groups is 1. The van der Waals surface area contributed by atoms with Gasteiger partial charge in [-0.15, -0.1) is 0 Å². The van der Waals surface area contributed by atoms with Crippen molar-refractivity contribution in [2.45, 2.75) is 0 Å². The molecular weight excluding hydrogens is 214 g/mol. The van der Waals surface area contributed by atoms with E-state index in [1.54, 1.807) is 31.1 Å². The number of anilines is 1. The van der Waals surface area contributed by atoms with Crippen molar-refractivity contribution in [2.75, 3.05) is 19.4 Å². The Bertz CT molecular complexity index is 393. The van der Waals surface area contributed by atoms with E-state index in [2.05, 4.69) is 5.32 Å². The summed E-state index contributed by atoms with van der Waals surface area (Å²) in [5.41, 5.74) is 0.657. The molecule has 15 heavy (non-hydrogen) atoms. The second kappa shape index (κ2) is 4.70. The first kappa shape index (κ1) is 11.4. The first-order chi connectivity index (χ1) is 7.00. The molecule has 0 bridgehead atoms. The molecule has 0 saturated heterocycles. The molecule has 5 nitrogen and oxygen atoms in total. The maximum atomic E-state index is 10.5. The highest BCUT2D eigenvalue weighted by atomic mass is 32.1. The predicted octanol–water partition coefficient (Wildman–Crippen LogP) is 1.85. The molecule has 0 unspecified atom stereocenters. The van der Waals surface area contributed by atoms with Gasteiger partial charge >= 0.3 is 0 Å². The molecule has 1 N–H and O–H groups in total. The van der Waals surface area contributed by atoms with Gasteiger partial charge in [-0.3, -0.25) is 10.1 Å². The van der Waals surface area contributed by atoms with E-state index in [-0.39, 0.29) is 5.69 Å². The zero-order valence-corrected chi connectivity index (χ0v) is 9.25. The van der Waals surface area contributed by atoms with Crippen molar-refractivity contribution in [3.63, 3.8) is 0 Å². The number of hydrogen-bond donors (Lipinski definition) is 1. The summed E-state index contributed by atoms with van der Waals surface area (Å²) in [6.07, 6.45) is 0. The minimum atomic E-state index is -0.441. The van der Waals surface area contributed by atoms with Crippen LogP contribution in [0.3, 0.4) is 0 Å². The summed E-state index contributed by atoms with van der Waals surface area (Å²) in [5.74, 6) is 0. The molecule has 0 amide bonds. The van der Waals surface area contributed by atoms with E-state index in [9.17, 15) is 10.1 Å². The van der Waals surface area contributed by atoms with Crippen molar-refractivity contribution in [1.82, 2.24) is 4.90 Å². The van der Waals surface area contributed by atoms with Gasteiger partial charge in [-0.25, -0.2) is 0 Å². The lowest BCUT2D eigenvalue weighted by molar-refractivity contribution is -0.384. The Kier molecular flexibility index (Phi) is 3.56. The summed E-state index contributed by atoms with van der Waals surface area (Å²) >= 11 is 5.01. The molecule has 0 fully saturated rings. The van der Waals surface area contributed by atoms with Crippen LogP contribution in [0.1, 0.15) is 0 Å². The van der Waals surface area contributed by atoms with Crippen LogP contribution >= 0.6 is 12.2 Å². The lowest BCUT2D eigenvalue weighted by Crippen LogP contribution is -2.26. The molecule has 6 heteroatoms. The van der Waals surface area contributed by atoms with E-state index in [0.29, 0.717) is 10.8 Å². The fourth-order valence-corrected chi connectivity index (χ4v) is 1.05. The average molecular weight is 225 g/mol. The fourth-order valence-electron chi connectivity index (χ4n) is 0.933. The molecule has 0 spiro atoms. The van der Waals surface area contributed by atoms with E-state index in [1.807, 2.05) is 0 Å². The first-order valence-corrected chi connectivity index (χ1v) is 4.64. The number of nitro benzene ring substituents is 1. The standard InChI is InChI=1S/C9H11N3O2S/c1-11(2)9(15)10-7-4-3-5-8(6-7)12(13)14/h3-6H,1-2H3,(H,10,15). The predicted molar refractivity (Wildman–Crippen MR) is 63.0 cm³/mol. The highest BCUT2D eigenvalue weighted by Crippen LogP contribution is 2.17. The van der Waals surface area contributed by atoms with Gasteiger partial charge < -0.3 is 10.2 Å². The summed E-state index contributed by atoms with van der Waals surface area (Å²) < 4.78 is 0. The van der Waals surface area contributed by atoms with Gasteiger partial charge in [0.2, 0.25) is 0 Å². The van der Waals surface area contributed by atoms with Crippen LogP contribution in [-0.4, -0.2) is 29.0 Å². The summed E-state index contributed by atoms with van der Waals surface area (Å²) in [6, 6.07) is 6.21. The fraction of sp³-hybridized carbons (Fsp3) is 0.222. The maximum Gasteiger partial charge on any atom is 0.271 e. The van der Waals surface area contributed by atoms with Crippen molar-refractivity contribution >= 4 is 28.7 Å². The molecule has 0 aliphatic carbocycles. The number of nitrogens with one attached hydrogen (secondary N) is 1. The van der Waals surface area contributed by atoms with E-state index >= 15 is 0 Å². The summed E-state index contributed by atoms with van der Waals surface area (Å²) in [4.78, 5) is 11.8. The molecule has 1 rings (SSSR count). The van der Waals surface area contributed by atoms with E-state index in [4.69, 9.17) is 12.2 Å². The zero-order valence-electron chi connectivity index (χ0n) is 8.43. The molecule has 1 aromatic carbocycles. The molecule has 0 aliphatic heterocycles. The molecule has 0 atom stereocenters. The minimum Gasteiger partial charge on any atom is -0.355 e. The van der Waals surface area contributed by atoms with Gasteiger partial charge in [0, 0.05) is 31.9 Å². The molecule has 0 saturated carbocycles. The van der Waals surface area contributed by atoms with Crippen LogP contribution in [0.5, 0.6) is 0 Å². The van der Waals surface area contributed by atoms with Crippen LogP contribution < -0.4 is 5.32 Å². The van der Waals surface area contributed by atoms with Gasteiger partial charge in [0.1, 0.15) is 0 Å². The second-order valence-corrected chi connectivity index (χ2v) is 3.52. The SMILES string of the molecule is CN(C)C(=S)Nc1cccc([N+](=O)[O-])c1. The van der Waals surface area contributed by atoms with Crippen LogP contribution in [0, 0.1) is 10.1 Å². The lowest BCUT2D eigenvalue weighted by atomic mass is 10.3. The number of nitrogens with zero attached hydrogens (tertiary/aromatic N) is 2. The topological polar surface area (TPSA) is 58.4 Å². The Morgan fingerprint density at radius 2 is 2.20 bits per heavy atom. The molecule has 0 aromatic heterocycles. The quantitative estimate of drug-likeness (QED) is 0.473. The van der Waals surface area contributed by atoms with Gasteiger partial charge in [-0.1, -0.05) is 6.07 Å². The Hall–Kier alpha value is -1.69. The highest BCUT2D eigenvalue weighted by Gasteiger charge is 2.06.